The highest BCUT2D eigenvalue weighted by Crippen LogP contribution is 2.13. The molecular weight excluding hydrogens is 292 g/mol. The SMILES string of the molecule is CN=C(NCCOc1ccccc1)NCc1nnc2n1CCC2. The summed E-state index contributed by atoms with van der Waals surface area (Å²) in [6.07, 6.45) is 2.18. The summed E-state index contributed by atoms with van der Waals surface area (Å²) in [6, 6.07) is 9.77. The molecule has 0 fully saturated rings. The van der Waals surface area contributed by atoms with E-state index in [1.165, 1.54) is 0 Å². The van der Waals surface area contributed by atoms with Crippen LogP contribution in [-0.4, -0.2) is 40.9 Å². The lowest BCUT2D eigenvalue weighted by Crippen LogP contribution is -2.39. The Morgan fingerprint density at radius 1 is 1.26 bits per heavy atom. The fourth-order valence-corrected chi connectivity index (χ4v) is 2.58. The van der Waals surface area contributed by atoms with E-state index < -0.39 is 0 Å². The van der Waals surface area contributed by atoms with Gasteiger partial charge in [-0.15, -0.1) is 10.2 Å². The lowest BCUT2D eigenvalue weighted by Gasteiger charge is -2.12. The smallest absolute Gasteiger partial charge is 0.191 e. The van der Waals surface area contributed by atoms with Crippen LogP contribution in [0.1, 0.15) is 18.1 Å². The zero-order chi connectivity index (χ0) is 15.9. The summed E-state index contributed by atoms with van der Waals surface area (Å²) in [5.41, 5.74) is 0. The maximum Gasteiger partial charge on any atom is 0.191 e. The average molecular weight is 314 g/mol. The maximum absolute atomic E-state index is 5.64. The molecule has 0 radical (unpaired) electrons. The van der Waals surface area contributed by atoms with E-state index in [2.05, 4.69) is 30.4 Å². The topological polar surface area (TPSA) is 76.4 Å². The van der Waals surface area contributed by atoms with Gasteiger partial charge in [0.2, 0.25) is 0 Å². The largest absolute Gasteiger partial charge is 0.492 e. The Morgan fingerprint density at radius 2 is 2.13 bits per heavy atom. The van der Waals surface area contributed by atoms with Crippen LogP contribution in [0.5, 0.6) is 5.75 Å². The van der Waals surface area contributed by atoms with Crippen LogP contribution in [0.25, 0.3) is 0 Å². The van der Waals surface area contributed by atoms with Crippen LogP contribution in [0.3, 0.4) is 0 Å². The first kappa shape index (κ1) is 15.3. The third-order valence-electron chi connectivity index (χ3n) is 3.73. The van der Waals surface area contributed by atoms with Crippen molar-refractivity contribution in [2.75, 3.05) is 20.2 Å². The molecule has 0 saturated heterocycles. The molecule has 0 atom stereocenters. The van der Waals surface area contributed by atoms with Gasteiger partial charge in [-0.3, -0.25) is 4.99 Å². The first-order valence-electron chi connectivity index (χ1n) is 7.90. The van der Waals surface area contributed by atoms with E-state index in [1.54, 1.807) is 7.05 Å². The molecule has 7 nitrogen and oxygen atoms in total. The number of aromatic nitrogens is 3. The van der Waals surface area contributed by atoms with Crippen molar-refractivity contribution in [1.82, 2.24) is 25.4 Å². The molecule has 1 aliphatic rings. The van der Waals surface area contributed by atoms with E-state index >= 15 is 0 Å². The predicted octanol–water partition coefficient (Wildman–Crippen LogP) is 0.968. The van der Waals surface area contributed by atoms with Gasteiger partial charge in [-0.25, -0.2) is 0 Å². The van der Waals surface area contributed by atoms with E-state index in [0.29, 0.717) is 19.7 Å². The van der Waals surface area contributed by atoms with E-state index in [1.807, 2.05) is 30.3 Å². The summed E-state index contributed by atoms with van der Waals surface area (Å²) in [5, 5.41) is 14.9. The fraction of sp³-hybridized carbons (Fsp3) is 0.438. The minimum atomic E-state index is 0.574. The van der Waals surface area contributed by atoms with Gasteiger partial charge < -0.3 is 19.9 Å². The van der Waals surface area contributed by atoms with Crippen LogP contribution in [0.15, 0.2) is 35.3 Å². The minimum absolute atomic E-state index is 0.574. The molecule has 0 saturated carbocycles. The first-order chi connectivity index (χ1) is 11.4. The van der Waals surface area contributed by atoms with Crippen molar-refractivity contribution in [3.05, 3.63) is 42.0 Å². The van der Waals surface area contributed by atoms with Gasteiger partial charge in [0, 0.05) is 20.0 Å². The number of para-hydroxylation sites is 1. The molecule has 0 amide bonds. The van der Waals surface area contributed by atoms with E-state index in [-0.39, 0.29) is 0 Å². The Labute approximate surface area is 135 Å². The molecule has 0 unspecified atom stereocenters. The number of hydrogen-bond acceptors (Lipinski definition) is 4. The number of hydrogen-bond donors (Lipinski definition) is 2. The molecule has 7 heteroatoms. The summed E-state index contributed by atoms with van der Waals surface area (Å²) < 4.78 is 7.82. The van der Waals surface area contributed by atoms with Crippen LogP contribution < -0.4 is 15.4 Å². The molecule has 1 aromatic carbocycles. The summed E-state index contributed by atoms with van der Waals surface area (Å²) in [4.78, 5) is 4.21. The van der Waals surface area contributed by atoms with Gasteiger partial charge in [-0.05, 0) is 18.6 Å². The zero-order valence-corrected chi connectivity index (χ0v) is 13.3. The number of aryl methyl sites for hydroxylation is 1. The van der Waals surface area contributed by atoms with Crippen molar-refractivity contribution in [3.63, 3.8) is 0 Å². The molecule has 23 heavy (non-hydrogen) atoms. The van der Waals surface area contributed by atoms with E-state index in [4.69, 9.17) is 4.74 Å². The van der Waals surface area contributed by atoms with Crippen LogP contribution in [0.4, 0.5) is 0 Å². The second-order valence-corrected chi connectivity index (χ2v) is 5.30. The van der Waals surface area contributed by atoms with Crippen LogP contribution in [0, 0.1) is 0 Å². The molecule has 0 bridgehead atoms. The number of ether oxygens (including phenoxy) is 1. The molecule has 0 spiro atoms. The Bertz CT molecular complexity index is 652. The molecule has 122 valence electrons. The monoisotopic (exact) mass is 314 g/mol. The van der Waals surface area contributed by atoms with E-state index in [9.17, 15) is 0 Å². The lowest BCUT2D eigenvalue weighted by molar-refractivity contribution is 0.322. The second-order valence-electron chi connectivity index (χ2n) is 5.30. The van der Waals surface area contributed by atoms with Gasteiger partial charge in [0.05, 0.1) is 13.1 Å². The highest BCUT2D eigenvalue weighted by Gasteiger charge is 2.16. The van der Waals surface area contributed by atoms with Crippen LogP contribution in [0.2, 0.25) is 0 Å². The van der Waals surface area contributed by atoms with Crippen LogP contribution >= 0.6 is 0 Å². The highest BCUT2D eigenvalue weighted by molar-refractivity contribution is 5.79. The van der Waals surface area contributed by atoms with Crippen molar-refractivity contribution >= 4 is 5.96 Å². The normalized spacial score (nSPS) is 13.7. The van der Waals surface area contributed by atoms with Gasteiger partial charge in [-0.2, -0.15) is 0 Å². The molecule has 2 aromatic rings. The van der Waals surface area contributed by atoms with Crippen molar-refractivity contribution in [3.8, 4) is 5.75 Å². The number of fused-ring (bicyclic) bond motifs is 1. The van der Waals surface area contributed by atoms with Crippen molar-refractivity contribution < 1.29 is 4.74 Å². The third kappa shape index (κ3) is 4.00. The van der Waals surface area contributed by atoms with Gasteiger partial charge in [-0.1, -0.05) is 18.2 Å². The summed E-state index contributed by atoms with van der Waals surface area (Å²) in [5.74, 6) is 3.65. The van der Waals surface area contributed by atoms with Crippen molar-refractivity contribution in [2.24, 2.45) is 4.99 Å². The zero-order valence-electron chi connectivity index (χ0n) is 13.3. The lowest BCUT2D eigenvalue weighted by atomic mass is 10.3. The number of rotatable bonds is 6. The van der Waals surface area contributed by atoms with Gasteiger partial charge >= 0.3 is 0 Å². The van der Waals surface area contributed by atoms with Crippen molar-refractivity contribution in [1.29, 1.82) is 0 Å². The number of nitrogens with one attached hydrogen (secondary N) is 2. The van der Waals surface area contributed by atoms with E-state index in [0.717, 1.165) is 42.7 Å². The molecular formula is C16H22N6O. The van der Waals surface area contributed by atoms with Gasteiger partial charge in [0.1, 0.15) is 18.2 Å². The van der Waals surface area contributed by atoms with Gasteiger partial charge in [0.25, 0.3) is 0 Å². The fourth-order valence-electron chi connectivity index (χ4n) is 2.58. The quantitative estimate of drug-likeness (QED) is 0.472. The Kier molecular flexibility index (Phi) is 5.08. The number of nitrogens with zero attached hydrogens (tertiary/aromatic N) is 4. The molecule has 2 heterocycles. The Morgan fingerprint density at radius 3 is 2.96 bits per heavy atom. The molecule has 1 aliphatic heterocycles. The predicted molar refractivity (Wildman–Crippen MR) is 88.5 cm³/mol. The maximum atomic E-state index is 5.64. The summed E-state index contributed by atoms with van der Waals surface area (Å²) in [7, 11) is 1.75. The van der Waals surface area contributed by atoms with Gasteiger partial charge in [0.15, 0.2) is 11.8 Å². The number of benzene rings is 1. The summed E-state index contributed by atoms with van der Waals surface area (Å²) in [6.45, 7) is 2.88. The van der Waals surface area contributed by atoms with Crippen molar-refractivity contribution in [2.45, 2.75) is 25.9 Å². The highest BCUT2D eigenvalue weighted by atomic mass is 16.5. The molecule has 2 N–H and O–H groups in total. The minimum Gasteiger partial charge on any atom is -0.492 e. The number of guanidine groups is 1. The molecule has 0 aliphatic carbocycles. The summed E-state index contributed by atoms with van der Waals surface area (Å²) >= 11 is 0. The molecule has 1 aromatic heterocycles. The average Bonchev–Trinajstić information content (AvgIpc) is 3.19. The Balaban J connectivity index is 1.40. The standard InChI is InChI=1S/C16H22N6O/c1-17-16(18-9-11-23-13-6-3-2-4-7-13)19-12-15-21-20-14-8-5-10-22(14)15/h2-4,6-7H,5,8-12H2,1H3,(H2,17,18,19). The Hall–Kier alpha value is -2.57. The second kappa shape index (κ2) is 7.62. The van der Waals surface area contributed by atoms with Crippen LogP contribution in [-0.2, 0) is 19.5 Å². The third-order valence-corrected chi connectivity index (χ3v) is 3.73. The molecule has 3 rings (SSSR count). The first-order valence-corrected chi connectivity index (χ1v) is 7.90. The number of aliphatic imine (C=N–C) groups is 1.